The summed E-state index contributed by atoms with van der Waals surface area (Å²) >= 11 is 6.06. The maximum Gasteiger partial charge on any atom is 0.291 e. The summed E-state index contributed by atoms with van der Waals surface area (Å²) in [4.78, 5) is 25.1. The van der Waals surface area contributed by atoms with Gasteiger partial charge in [0.25, 0.3) is 15.9 Å². The normalized spacial score (nSPS) is 11.4. The van der Waals surface area contributed by atoms with E-state index >= 15 is 0 Å². The summed E-state index contributed by atoms with van der Waals surface area (Å²) < 4.78 is 32.5. The third kappa shape index (κ3) is 4.48. The van der Waals surface area contributed by atoms with Crippen LogP contribution in [0.25, 0.3) is 11.0 Å². The molecular formula is C24H19ClN2O5S. The number of amides is 1. The maximum absolute atomic E-state index is 12.9. The minimum atomic E-state index is -3.78. The zero-order chi connectivity index (χ0) is 23.8. The Morgan fingerprint density at radius 2 is 1.67 bits per heavy atom. The smallest absolute Gasteiger partial charge is 0.291 e. The molecule has 0 aliphatic rings. The fourth-order valence-corrected chi connectivity index (χ4v) is 4.59. The van der Waals surface area contributed by atoms with Gasteiger partial charge in [-0.1, -0.05) is 29.8 Å². The number of nitrogens with zero attached hydrogens (tertiary/aromatic N) is 1. The van der Waals surface area contributed by atoms with Gasteiger partial charge in [-0.2, -0.15) is 0 Å². The number of para-hydroxylation sites is 1. The molecule has 1 amide bonds. The summed E-state index contributed by atoms with van der Waals surface area (Å²) in [6, 6.07) is 18.6. The topological polar surface area (TPSA) is 96.7 Å². The zero-order valence-corrected chi connectivity index (χ0v) is 19.3. The number of carbonyl (C=O) groups excluding carboxylic acids is 1. The summed E-state index contributed by atoms with van der Waals surface area (Å²) in [5.41, 5.74) is 1.44. The van der Waals surface area contributed by atoms with Crippen molar-refractivity contribution in [2.75, 3.05) is 16.7 Å². The monoisotopic (exact) mass is 482 g/mol. The number of benzene rings is 3. The van der Waals surface area contributed by atoms with Gasteiger partial charge < -0.3 is 9.73 Å². The third-order valence-electron chi connectivity index (χ3n) is 5.12. The highest BCUT2D eigenvalue weighted by atomic mass is 35.5. The number of rotatable bonds is 5. The van der Waals surface area contributed by atoms with E-state index in [0.717, 1.165) is 6.07 Å². The second-order valence-corrected chi connectivity index (χ2v) is 9.74. The molecule has 0 atom stereocenters. The van der Waals surface area contributed by atoms with Gasteiger partial charge in [-0.25, -0.2) is 8.42 Å². The van der Waals surface area contributed by atoms with E-state index in [2.05, 4.69) is 5.32 Å². The fraction of sp³-hybridized carbons (Fsp3) is 0.0833. The first kappa shape index (κ1) is 22.6. The third-order valence-corrected chi connectivity index (χ3v) is 7.33. The van der Waals surface area contributed by atoms with Crippen LogP contribution in [0.4, 0.5) is 11.4 Å². The number of sulfonamides is 1. The van der Waals surface area contributed by atoms with E-state index < -0.39 is 21.4 Å². The van der Waals surface area contributed by atoms with Gasteiger partial charge in [0.2, 0.25) is 0 Å². The van der Waals surface area contributed by atoms with Crippen molar-refractivity contribution in [1.82, 2.24) is 0 Å². The molecule has 9 heteroatoms. The van der Waals surface area contributed by atoms with Crippen molar-refractivity contribution >= 4 is 49.9 Å². The highest BCUT2D eigenvalue weighted by Gasteiger charge is 2.21. The van der Waals surface area contributed by atoms with Crippen LogP contribution < -0.4 is 15.1 Å². The number of hydrogen-bond acceptors (Lipinski definition) is 5. The molecule has 1 heterocycles. The predicted octanol–water partition coefficient (Wildman–Crippen LogP) is 4.83. The van der Waals surface area contributed by atoms with Crippen molar-refractivity contribution < 1.29 is 17.6 Å². The molecule has 1 N–H and O–H groups in total. The summed E-state index contributed by atoms with van der Waals surface area (Å²) in [6.45, 7) is 1.76. The number of carbonyl (C=O) groups is 1. The standard InChI is InChI=1S/C24H19ClN2O5S/c1-15-12-22-19(13-20(15)25)21(28)14-23(32-22)24(29)26-16-8-10-18(11-9-16)33(30,31)27(2)17-6-4-3-5-7-17/h3-14H,1-2H3,(H,26,29). The fourth-order valence-electron chi connectivity index (χ4n) is 3.23. The number of anilines is 2. The van der Waals surface area contributed by atoms with Crippen LogP contribution in [0.2, 0.25) is 5.02 Å². The lowest BCUT2D eigenvalue weighted by Gasteiger charge is -2.19. The molecule has 168 valence electrons. The molecule has 4 rings (SSSR count). The Morgan fingerprint density at radius 1 is 1.00 bits per heavy atom. The van der Waals surface area contributed by atoms with Crippen LogP contribution in [0, 0.1) is 6.92 Å². The molecule has 7 nitrogen and oxygen atoms in total. The highest BCUT2D eigenvalue weighted by Crippen LogP contribution is 2.24. The highest BCUT2D eigenvalue weighted by molar-refractivity contribution is 7.92. The van der Waals surface area contributed by atoms with Crippen molar-refractivity contribution in [2.45, 2.75) is 11.8 Å². The molecule has 0 radical (unpaired) electrons. The van der Waals surface area contributed by atoms with Crippen LogP contribution in [-0.2, 0) is 10.0 Å². The Morgan fingerprint density at radius 3 is 2.33 bits per heavy atom. The summed E-state index contributed by atoms with van der Waals surface area (Å²) in [6.07, 6.45) is 0. The van der Waals surface area contributed by atoms with Gasteiger partial charge in [-0.15, -0.1) is 0 Å². The Bertz CT molecular complexity index is 1510. The molecule has 0 fully saturated rings. The molecule has 0 aliphatic carbocycles. The zero-order valence-electron chi connectivity index (χ0n) is 17.7. The Balaban J connectivity index is 1.56. The Labute approximate surface area is 195 Å². The minimum Gasteiger partial charge on any atom is -0.451 e. The maximum atomic E-state index is 12.9. The minimum absolute atomic E-state index is 0.0662. The van der Waals surface area contributed by atoms with Gasteiger partial charge >= 0.3 is 0 Å². The van der Waals surface area contributed by atoms with Crippen molar-refractivity contribution in [3.05, 3.63) is 99.4 Å². The largest absolute Gasteiger partial charge is 0.451 e. The quantitative estimate of drug-likeness (QED) is 0.439. The lowest BCUT2D eigenvalue weighted by atomic mass is 10.1. The molecular weight excluding hydrogens is 464 g/mol. The number of hydrogen-bond donors (Lipinski definition) is 1. The van der Waals surface area contributed by atoms with E-state index in [1.807, 2.05) is 0 Å². The van der Waals surface area contributed by atoms with Crippen LogP contribution in [0.5, 0.6) is 0 Å². The van der Waals surface area contributed by atoms with Gasteiger partial charge in [0, 0.05) is 23.8 Å². The van der Waals surface area contributed by atoms with Crippen LogP contribution >= 0.6 is 11.6 Å². The van der Waals surface area contributed by atoms with Gasteiger partial charge in [-0.3, -0.25) is 13.9 Å². The van der Waals surface area contributed by atoms with Crippen molar-refractivity contribution in [1.29, 1.82) is 0 Å². The molecule has 0 spiro atoms. The summed E-state index contributed by atoms with van der Waals surface area (Å²) in [5, 5.41) is 3.32. The van der Waals surface area contributed by atoms with E-state index in [9.17, 15) is 18.0 Å². The Hall–Kier alpha value is -3.62. The Kier molecular flexibility index (Phi) is 5.97. The second kappa shape index (κ2) is 8.73. The molecule has 0 saturated carbocycles. The van der Waals surface area contributed by atoms with Crippen LogP contribution in [0.15, 0.2) is 86.9 Å². The molecule has 4 aromatic rings. The van der Waals surface area contributed by atoms with Crippen LogP contribution in [0.1, 0.15) is 16.1 Å². The first-order valence-corrected chi connectivity index (χ1v) is 11.7. The average molecular weight is 483 g/mol. The summed E-state index contributed by atoms with van der Waals surface area (Å²) in [5.74, 6) is -0.812. The lowest BCUT2D eigenvalue weighted by Crippen LogP contribution is -2.26. The molecule has 0 bridgehead atoms. The summed E-state index contributed by atoms with van der Waals surface area (Å²) in [7, 11) is -2.31. The van der Waals surface area contributed by atoms with Crippen molar-refractivity contribution in [3.8, 4) is 0 Å². The van der Waals surface area contributed by atoms with Gasteiger partial charge in [0.05, 0.1) is 16.0 Å². The molecule has 0 unspecified atom stereocenters. The first-order chi connectivity index (χ1) is 15.7. The number of fused-ring (bicyclic) bond motifs is 1. The second-order valence-electron chi connectivity index (χ2n) is 7.36. The molecule has 1 aromatic heterocycles. The molecule has 33 heavy (non-hydrogen) atoms. The van der Waals surface area contributed by atoms with E-state index in [1.165, 1.54) is 41.7 Å². The van der Waals surface area contributed by atoms with E-state index in [-0.39, 0.29) is 21.6 Å². The van der Waals surface area contributed by atoms with Gasteiger partial charge in [0.15, 0.2) is 11.2 Å². The van der Waals surface area contributed by atoms with Gasteiger partial charge in [-0.05, 0) is 61.0 Å². The average Bonchev–Trinajstić information content (AvgIpc) is 2.80. The number of nitrogens with one attached hydrogen (secondary N) is 1. The molecule has 3 aromatic carbocycles. The van der Waals surface area contributed by atoms with Gasteiger partial charge in [0.1, 0.15) is 5.58 Å². The van der Waals surface area contributed by atoms with Crippen molar-refractivity contribution in [3.63, 3.8) is 0 Å². The van der Waals surface area contributed by atoms with E-state index in [4.69, 9.17) is 16.0 Å². The van der Waals surface area contributed by atoms with E-state index in [0.29, 0.717) is 22.0 Å². The first-order valence-electron chi connectivity index (χ1n) is 9.86. The van der Waals surface area contributed by atoms with Crippen molar-refractivity contribution in [2.24, 2.45) is 0 Å². The molecule has 0 aliphatic heterocycles. The predicted molar refractivity (Wildman–Crippen MR) is 129 cm³/mol. The molecule has 0 saturated heterocycles. The number of aryl methyl sites for hydroxylation is 1. The van der Waals surface area contributed by atoms with E-state index in [1.54, 1.807) is 43.3 Å². The lowest BCUT2D eigenvalue weighted by molar-refractivity contribution is 0.0997. The SMILES string of the molecule is Cc1cc2oc(C(=O)Nc3ccc(S(=O)(=O)N(C)c4ccccc4)cc3)cc(=O)c2cc1Cl. The van der Waals surface area contributed by atoms with Crippen LogP contribution in [-0.4, -0.2) is 21.4 Å². The van der Waals surface area contributed by atoms with Crippen LogP contribution in [0.3, 0.4) is 0 Å². The number of halogens is 1.